The predicted molar refractivity (Wildman–Crippen MR) is 60.2 cm³/mol. The van der Waals surface area contributed by atoms with E-state index in [1.807, 2.05) is 0 Å². The Bertz CT molecular complexity index is 349. The van der Waals surface area contributed by atoms with Gasteiger partial charge < -0.3 is 14.1 Å². The van der Waals surface area contributed by atoms with Gasteiger partial charge in [0, 0.05) is 19.4 Å². The molecule has 88 valence electrons. The zero-order chi connectivity index (χ0) is 11.4. The Hall–Kier alpha value is -1.16. The quantitative estimate of drug-likeness (QED) is 0.704. The molecule has 0 spiro atoms. The molecule has 0 aromatic carbocycles. The fourth-order valence-corrected chi connectivity index (χ4v) is 2.24. The van der Waals surface area contributed by atoms with Crippen LogP contribution in [0.25, 0.3) is 0 Å². The first kappa shape index (κ1) is 11.3. The first-order valence-corrected chi connectivity index (χ1v) is 5.91. The first-order valence-electron chi connectivity index (χ1n) is 5.91. The number of carbonyl (C=O) groups excluding carboxylic acids is 1. The second-order valence-electron chi connectivity index (χ2n) is 4.36. The molecule has 1 aliphatic heterocycles. The van der Waals surface area contributed by atoms with E-state index >= 15 is 0 Å². The largest absolute Gasteiger partial charge is 0.449 e. The summed E-state index contributed by atoms with van der Waals surface area (Å²) in [5.41, 5.74) is 0.746. The van der Waals surface area contributed by atoms with E-state index in [4.69, 9.17) is 4.42 Å². The molecule has 0 radical (unpaired) electrons. The molecule has 0 aliphatic carbocycles. The average Bonchev–Trinajstić information content (AvgIpc) is 2.89. The van der Waals surface area contributed by atoms with E-state index < -0.39 is 0 Å². The van der Waals surface area contributed by atoms with Gasteiger partial charge in [-0.3, -0.25) is 0 Å². The fourth-order valence-electron chi connectivity index (χ4n) is 2.24. The monoisotopic (exact) mass is 222 g/mol. The van der Waals surface area contributed by atoms with Crippen LogP contribution < -0.4 is 0 Å². The number of rotatable bonds is 5. The zero-order valence-corrected chi connectivity index (χ0v) is 9.69. The zero-order valence-electron chi connectivity index (χ0n) is 9.69. The van der Waals surface area contributed by atoms with Crippen molar-refractivity contribution >= 4 is 6.29 Å². The molecule has 1 aromatic heterocycles. The van der Waals surface area contributed by atoms with Crippen LogP contribution in [0.1, 0.15) is 24.9 Å². The highest BCUT2D eigenvalue weighted by Crippen LogP contribution is 2.20. The van der Waals surface area contributed by atoms with Gasteiger partial charge in [0.2, 0.25) is 0 Å². The number of hydrogen-bond acceptors (Lipinski definition) is 4. The second-order valence-corrected chi connectivity index (χ2v) is 4.36. The van der Waals surface area contributed by atoms with Crippen LogP contribution in [0, 0.1) is 5.92 Å². The van der Waals surface area contributed by atoms with Crippen LogP contribution in [-0.4, -0.2) is 35.8 Å². The Labute approximate surface area is 95.6 Å². The maximum atomic E-state index is 10.3. The van der Waals surface area contributed by atoms with Gasteiger partial charge in [0.1, 0.15) is 12.5 Å². The molecule has 1 unspecified atom stereocenters. The highest BCUT2D eigenvalue weighted by molar-refractivity contribution is 5.53. The summed E-state index contributed by atoms with van der Waals surface area (Å²) in [7, 11) is 0. The van der Waals surface area contributed by atoms with Crippen molar-refractivity contribution in [1.82, 2.24) is 9.88 Å². The smallest absolute Gasteiger partial charge is 0.194 e. The lowest BCUT2D eigenvalue weighted by Crippen LogP contribution is -2.20. The van der Waals surface area contributed by atoms with Crippen molar-refractivity contribution in [3.63, 3.8) is 0 Å². The molecule has 4 nitrogen and oxygen atoms in total. The van der Waals surface area contributed by atoms with E-state index in [9.17, 15) is 4.79 Å². The number of nitrogens with zero attached hydrogens (tertiary/aromatic N) is 2. The summed E-state index contributed by atoms with van der Waals surface area (Å²) in [6.07, 6.45) is 4.93. The lowest BCUT2D eigenvalue weighted by molar-refractivity contribution is -0.107. The lowest BCUT2D eigenvalue weighted by atomic mass is 10.1. The van der Waals surface area contributed by atoms with E-state index in [1.165, 1.54) is 13.0 Å². The highest BCUT2D eigenvalue weighted by atomic mass is 16.3. The van der Waals surface area contributed by atoms with Crippen LogP contribution in [0.5, 0.6) is 0 Å². The van der Waals surface area contributed by atoms with Gasteiger partial charge in [-0.25, -0.2) is 4.98 Å². The van der Waals surface area contributed by atoms with Crippen molar-refractivity contribution in [1.29, 1.82) is 0 Å². The van der Waals surface area contributed by atoms with E-state index in [0.717, 1.165) is 37.4 Å². The van der Waals surface area contributed by atoms with Gasteiger partial charge in [0.05, 0.1) is 5.69 Å². The number of aldehydes is 1. The van der Waals surface area contributed by atoms with Crippen molar-refractivity contribution in [3.8, 4) is 0 Å². The Morgan fingerprint density at radius 2 is 2.56 bits per heavy atom. The highest BCUT2D eigenvalue weighted by Gasteiger charge is 2.22. The van der Waals surface area contributed by atoms with Crippen LogP contribution in [0.4, 0.5) is 0 Å². The maximum Gasteiger partial charge on any atom is 0.194 e. The Morgan fingerprint density at radius 3 is 3.25 bits per heavy atom. The van der Waals surface area contributed by atoms with Crippen LogP contribution in [-0.2, 0) is 17.6 Å². The van der Waals surface area contributed by atoms with Crippen molar-refractivity contribution in [2.24, 2.45) is 5.92 Å². The number of carbonyl (C=O) groups is 1. The maximum absolute atomic E-state index is 10.3. The van der Waals surface area contributed by atoms with Crippen LogP contribution >= 0.6 is 0 Å². The number of hydrogen-bond donors (Lipinski definition) is 0. The molecule has 1 aliphatic rings. The molecule has 16 heavy (non-hydrogen) atoms. The number of oxazole rings is 1. The van der Waals surface area contributed by atoms with Crippen LogP contribution in [0.3, 0.4) is 0 Å². The third-order valence-electron chi connectivity index (χ3n) is 3.17. The summed E-state index contributed by atoms with van der Waals surface area (Å²) in [4.78, 5) is 17.1. The summed E-state index contributed by atoms with van der Waals surface area (Å²) >= 11 is 0. The second kappa shape index (κ2) is 5.25. The van der Waals surface area contributed by atoms with Crippen molar-refractivity contribution in [2.45, 2.75) is 26.2 Å². The van der Waals surface area contributed by atoms with Gasteiger partial charge in [0.15, 0.2) is 5.89 Å². The standard InChI is InChI=1S/C12H18N2O2/c1-2-14-5-3-10(8-14)7-12-13-11(4-6-15)9-16-12/h6,9-10H,2-5,7-8H2,1H3. The van der Waals surface area contributed by atoms with Gasteiger partial charge in [-0.05, 0) is 25.4 Å². The molecule has 0 N–H and O–H groups in total. The van der Waals surface area contributed by atoms with Crippen LogP contribution in [0.15, 0.2) is 10.7 Å². The third-order valence-corrected chi connectivity index (χ3v) is 3.17. The van der Waals surface area contributed by atoms with Gasteiger partial charge in [-0.1, -0.05) is 6.92 Å². The topological polar surface area (TPSA) is 46.3 Å². The molecule has 1 fully saturated rings. The molecule has 2 heterocycles. The number of likely N-dealkylation sites (tertiary alicyclic amines) is 1. The molecule has 1 saturated heterocycles. The van der Waals surface area contributed by atoms with Gasteiger partial charge >= 0.3 is 0 Å². The molecular formula is C12H18N2O2. The third kappa shape index (κ3) is 2.70. The minimum atomic E-state index is 0.356. The molecule has 0 saturated carbocycles. The van der Waals surface area contributed by atoms with Crippen molar-refractivity contribution < 1.29 is 9.21 Å². The van der Waals surface area contributed by atoms with E-state index in [0.29, 0.717) is 12.3 Å². The lowest BCUT2D eigenvalue weighted by Gasteiger charge is -2.11. The number of aromatic nitrogens is 1. The van der Waals surface area contributed by atoms with Crippen LogP contribution in [0.2, 0.25) is 0 Å². The Morgan fingerprint density at radius 1 is 1.69 bits per heavy atom. The fraction of sp³-hybridized carbons (Fsp3) is 0.667. The van der Waals surface area contributed by atoms with Crippen molar-refractivity contribution in [3.05, 3.63) is 17.8 Å². The van der Waals surface area contributed by atoms with E-state index in [1.54, 1.807) is 6.26 Å². The molecular weight excluding hydrogens is 204 g/mol. The molecule has 0 amide bonds. The van der Waals surface area contributed by atoms with Crippen molar-refractivity contribution in [2.75, 3.05) is 19.6 Å². The molecule has 1 atom stereocenters. The average molecular weight is 222 g/mol. The van der Waals surface area contributed by atoms with Gasteiger partial charge in [0.25, 0.3) is 0 Å². The minimum Gasteiger partial charge on any atom is -0.449 e. The summed E-state index contributed by atoms with van der Waals surface area (Å²) in [6, 6.07) is 0. The van der Waals surface area contributed by atoms with E-state index in [-0.39, 0.29) is 0 Å². The summed E-state index contributed by atoms with van der Waals surface area (Å²) in [6.45, 7) is 5.64. The predicted octanol–water partition coefficient (Wildman–Crippen LogP) is 1.30. The summed E-state index contributed by atoms with van der Waals surface area (Å²) in [5, 5.41) is 0. The molecule has 2 rings (SSSR count). The molecule has 4 heteroatoms. The molecule has 1 aromatic rings. The normalized spacial score (nSPS) is 21.4. The summed E-state index contributed by atoms with van der Waals surface area (Å²) < 4.78 is 5.36. The first-order chi connectivity index (χ1) is 7.81. The Balaban J connectivity index is 1.86. The van der Waals surface area contributed by atoms with E-state index in [2.05, 4.69) is 16.8 Å². The minimum absolute atomic E-state index is 0.356. The summed E-state index contributed by atoms with van der Waals surface area (Å²) in [5.74, 6) is 1.43. The van der Waals surface area contributed by atoms with Gasteiger partial charge in [-0.2, -0.15) is 0 Å². The van der Waals surface area contributed by atoms with Gasteiger partial charge in [-0.15, -0.1) is 0 Å². The Kier molecular flexibility index (Phi) is 3.72. The SMILES string of the molecule is CCN1CCC(Cc2nc(CC=O)co2)C1. The molecule has 0 bridgehead atoms.